The number of nitrogens with zero attached hydrogens (tertiary/aromatic N) is 1. The summed E-state index contributed by atoms with van der Waals surface area (Å²) in [4.78, 5) is 17.8. The molecular weight excluding hydrogens is 198 g/mol. The number of thioether (sulfide) groups is 1. The molecule has 0 aromatic carbocycles. The van der Waals surface area contributed by atoms with E-state index in [9.17, 15) is 4.79 Å². The summed E-state index contributed by atoms with van der Waals surface area (Å²) in [5, 5.41) is 3.08. The number of aromatic amines is 1. The number of anilines is 1. The molecule has 0 aliphatic carbocycles. The van der Waals surface area contributed by atoms with Gasteiger partial charge in [0, 0.05) is 18.4 Å². The van der Waals surface area contributed by atoms with Crippen LogP contribution in [0.25, 0.3) is 0 Å². The van der Waals surface area contributed by atoms with Crippen LogP contribution in [0.15, 0.2) is 17.2 Å². The lowest BCUT2D eigenvalue weighted by Gasteiger charge is -2.12. The third kappa shape index (κ3) is 3.41. The van der Waals surface area contributed by atoms with Gasteiger partial charge in [0.15, 0.2) is 5.82 Å². The van der Waals surface area contributed by atoms with Gasteiger partial charge in [-0.25, -0.2) is 4.98 Å². The van der Waals surface area contributed by atoms with Crippen LogP contribution in [0.5, 0.6) is 0 Å². The minimum atomic E-state index is -0.163. The first-order chi connectivity index (χ1) is 6.74. The minimum absolute atomic E-state index is 0.163. The predicted molar refractivity (Wildman–Crippen MR) is 60.9 cm³/mol. The lowest BCUT2D eigenvalue weighted by atomic mass is 10.2. The summed E-state index contributed by atoms with van der Waals surface area (Å²) < 4.78 is 0. The fourth-order valence-corrected chi connectivity index (χ4v) is 1.64. The molecule has 0 spiro atoms. The summed E-state index contributed by atoms with van der Waals surface area (Å²) in [6, 6.07) is 0.276. The van der Waals surface area contributed by atoms with Crippen LogP contribution in [0, 0.1) is 0 Å². The van der Waals surface area contributed by atoms with Crippen molar-refractivity contribution >= 4 is 17.6 Å². The van der Waals surface area contributed by atoms with Gasteiger partial charge in [0.2, 0.25) is 0 Å². The quantitative estimate of drug-likeness (QED) is 0.774. The van der Waals surface area contributed by atoms with Crippen molar-refractivity contribution in [2.75, 3.05) is 17.3 Å². The molecule has 0 aliphatic rings. The smallest absolute Gasteiger partial charge is 0.290 e. The van der Waals surface area contributed by atoms with Crippen LogP contribution in [0.3, 0.4) is 0 Å². The Morgan fingerprint density at radius 1 is 1.71 bits per heavy atom. The molecule has 0 fully saturated rings. The summed E-state index contributed by atoms with van der Waals surface area (Å²) in [6.07, 6.45) is 6.20. The maximum absolute atomic E-state index is 11.2. The number of aromatic nitrogens is 2. The van der Waals surface area contributed by atoms with E-state index in [0.717, 1.165) is 12.2 Å². The molecule has 0 saturated heterocycles. The Kier molecular flexibility index (Phi) is 4.52. The van der Waals surface area contributed by atoms with Gasteiger partial charge in [-0.3, -0.25) is 4.79 Å². The highest BCUT2D eigenvalue weighted by atomic mass is 32.2. The zero-order valence-electron chi connectivity index (χ0n) is 8.41. The summed E-state index contributed by atoms with van der Waals surface area (Å²) in [6.45, 7) is 2.05. The summed E-state index contributed by atoms with van der Waals surface area (Å²) >= 11 is 1.80. The van der Waals surface area contributed by atoms with Crippen molar-refractivity contribution < 1.29 is 0 Å². The Labute approximate surface area is 87.5 Å². The van der Waals surface area contributed by atoms with Crippen molar-refractivity contribution in [3.8, 4) is 0 Å². The standard InChI is InChI=1S/C9H15N3OS/c1-7(3-6-14-2)12-8-9(13)11-5-4-10-8/h4-5,7H,3,6H2,1-2H3,(H,10,12)(H,11,13). The zero-order valence-corrected chi connectivity index (χ0v) is 9.23. The van der Waals surface area contributed by atoms with Crippen LogP contribution in [0.4, 0.5) is 5.82 Å². The normalized spacial score (nSPS) is 12.4. The van der Waals surface area contributed by atoms with Crippen molar-refractivity contribution in [3.63, 3.8) is 0 Å². The van der Waals surface area contributed by atoms with Gasteiger partial charge < -0.3 is 10.3 Å². The van der Waals surface area contributed by atoms with Gasteiger partial charge in [-0.2, -0.15) is 11.8 Å². The topological polar surface area (TPSA) is 57.8 Å². The average Bonchev–Trinajstić information content (AvgIpc) is 2.18. The van der Waals surface area contributed by atoms with Crippen molar-refractivity contribution in [2.24, 2.45) is 0 Å². The lowest BCUT2D eigenvalue weighted by Crippen LogP contribution is -2.23. The molecule has 1 unspecified atom stereocenters. The second-order valence-electron chi connectivity index (χ2n) is 3.09. The van der Waals surface area contributed by atoms with E-state index in [2.05, 4.69) is 21.5 Å². The lowest BCUT2D eigenvalue weighted by molar-refractivity contribution is 0.763. The van der Waals surface area contributed by atoms with Crippen molar-refractivity contribution in [3.05, 3.63) is 22.7 Å². The van der Waals surface area contributed by atoms with Crippen LogP contribution in [-0.4, -0.2) is 28.0 Å². The van der Waals surface area contributed by atoms with Gasteiger partial charge in [0.05, 0.1) is 0 Å². The summed E-state index contributed by atoms with van der Waals surface area (Å²) in [7, 11) is 0. The number of H-pyrrole nitrogens is 1. The van der Waals surface area contributed by atoms with Crippen molar-refractivity contribution in [1.29, 1.82) is 0 Å². The van der Waals surface area contributed by atoms with Gasteiger partial charge in [-0.05, 0) is 25.4 Å². The third-order valence-corrected chi connectivity index (χ3v) is 2.49. The first-order valence-electron chi connectivity index (χ1n) is 4.53. The first kappa shape index (κ1) is 11.1. The molecule has 1 rings (SSSR count). The van der Waals surface area contributed by atoms with Gasteiger partial charge in [-0.1, -0.05) is 0 Å². The van der Waals surface area contributed by atoms with E-state index < -0.39 is 0 Å². The van der Waals surface area contributed by atoms with Crippen LogP contribution in [0.2, 0.25) is 0 Å². The molecule has 78 valence electrons. The average molecular weight is 213 g/mol. The van der Waals surface area contributed by atoms with Crippen molar-refractivity contribution in [1.82, 2.24) is 9.97 Å². The molecule has 0 radical (unpaired) electrons. The molecule has 1 aromatic rings. The predicted octanol–water partition coefficient (Wildman–Crippen LogP) is 1.32. The highest BCUT2D eigenvalue weighted by Gasteiger charge is 2.04. The molecule has 0 bridgehead atoms. The maximum Gasteiger partial charge on any atom is 0.290 e. The van der Waals surface area contributed by atoms with E-state index in [0.29, 0.717) is 5.82 Å². The number of hydrogen-bond donors (Lipinski definition) is 2. The van der Waals surface area contributed by atoms with E-state index in [1.165, 1.54) is 6.20 Å². The maximum atomic E-state index is 11.2. The Hall–Kier alpha value is -0.970. The molecule has 1 aromatic heterocycles. The molecule has 1 heterocycles. The summed E-state index contributed by atoms with van der Waals surface area (Å²) in [5.41, 5.74) is -0.163. The molecule has 0 amide bonds. The largest absolute Gasteiger partial charge is 0.363 e. The zero-order chi connectivity index (χ0) is 10.4. The van der Waals surface area contributed by atoms with Crippen molar-refractivity contribution in [2.45, 2.75) is 19.4 Å². The second kappa shape index (κ2) is 5.70. The van der Waals surface area contributed by atoms with Gasteiger partial charge in [0.25, 0.3) is 5.56 Å². The van der Waals surface area contributed by atoms with E-state index in [4.69, 9.17) is 0 Å². The molecule has 2 N–H and O–H groups in total. The third-order valence-electron chi connectivity index (χ3n) is 1.85. The van der Waals surface area contributed by atoms with Gasteiger partial charge >= 0.3 is 0 Å². The molecule has 5 heteroatoms. The fourth-order valence-electron chi connectivity index (χ4n) is 1.05. The Morgan fingerprint density at radius 2 is 2.50 bits per heavy atom. The second-order valence-corrected chi connectivity index (χ2v) is 4.08. The van der Waals surface area contributed by atoms with E-state index in [1.807, 2.05) is 6.92 Å². The van der Waals surface area contributed by atoms with E-state index in [1.54, 1.807) is 18.0 Å². The highest BCUT2D eigenvalue weighted by Crippen LogP contribution is 2.03. The van der Waals surface area contributed by atoms with Gasteiger partial charge in [0.1, 0.15) is 0 Å². The monoisotopic (exact) mass is 213 g/mol. The number of hydrogen-bond acceptors (Lipinski definition) is 4. The molecule has 0 aliphatic heterocycles. The van der Waals surface area contributed by atoms with Crippen LogP contribution >= 0.6 is 11.8 Å². The van der Waals surface area contributed by atoms with E-state index in [-0.39, 0.29) is 11.6 Å². The highest BCUT2D eigenvalue weighted by molar-refractivity contribution is 7.98. The Balaban J connectivity index is 2.52. The molecular formula is C9H15N3OS. The Bertz CT molecular complexity index is 326. The van der Waals surface area contributed by atoms with Crippen LogP contribution < -0.4 is 10.9 Å². The minimum Gasteiger partial charge on any atom is -0.363 e. The Morgan fingerprint density at radius 3 is 3.14 bits per heavy atom. The molecule has 0 saturated carbocycles. The molecule has 1 atom stereocenters. The molecule has 14 heavy (non-hydrogen) atoms. The van der Waals surface area contributed by atoms with Gasteiger partial charge in [-0.15, -0.1) is 0 Å². The number of nitrogens with one attached hydrogen (secondary N) is 2. The summed E-state index contributed by atoms with van der Waals surface area (Å²) in [5.74, 6) is 1.49. The SMILES string of the molecule is CSCCC(C)Nc1ncc[nH]c1=O. The number of rotatable bonds is 5. The van der Waals surface area contributed by atoms with E-state index >= 15 is 0 Å². The fraction of sp³-hybridized carbons (Fsp3) is 0.556. The molecule has 4 nitrogen and oxygen atoms in total. The van der Waals surface area contributed by atoms with Crippen LogP contribution in [-0.2, 0) is 0 Å². The van der Waals surface area contributed by atoms with Crippen LogP contribution in [0.1, 0.15) is 13.3 Å². The first-order valence-corrected chi connectivity index (χ1v) is 5.92.